The fraction of sp³-hybridized carbons (Fsp3) is 0.400. The molecule has 0 aliphatic rings. The van der Waals surface area contributed by atoms with E-state index >= 15 is 0 Å². The second-order valence-electron chi connectivity index (χ2n) is 3.51. The van der Waals surface area contributed by atoms with Crippen molar-refractivity contribution in [3.05, 3.63) is 36.3 Å². The van der Waals surface area contributed by atoms with Gasteiger partial charge in [-0.2, -0.15) is 0 Å². The molecule has 0 fully saturated rings. The van der Waals surface area contributed by atoms with Gasteiger partial charge in [-0.15, -0.1) is 0 Å². The molecule has 0 saturated heterocycles. The van der Waals surface area contributed by atoms with Crippen LogP contribution in [0.1, 0.15) is 25.5 Å². The molecule has 0 aliphatic heterocycles. The fourth-order valence-electron chi connectivity index (χ4n) is 0.881. The predicted molar refractivity (Wildman–Crippen MR) is 49.1 cm³/mol. The zero-order valence-corrected chi connectivity index (χ0v) is 7.77. The van der Waals surface area contributed by atoms with Gasteiger partial charge in [0.05, 0.1) is 18.1 Å². The van der Waals surface area contributed by atoms with E-state index in [9.17, 15) is 10.2 Å². The molecule has 3 heteroatoms. The summed E-state index contributed by atoms with van der Waals surface area (Å²) in [5.41, 5.74) is -0.217. The molecule has 0 amide bonds. The summed E-state index contributed by atoms with van der Waals surface area (Å²) < 4.78 is 4.81. The Morgan fingerprint density at radius 1 is 1.54 bits per heavy atom. The molecule has 3 nitrogen and oxygen atoms in total. The molecule has 0 spiro atoms. The Balaban J connectivity index is 2.61. The van der Waals surface area contributed by atoms with Crippen LogP contribution in [-0.4, -0.2) is 15.8 Å². The average molecular weight is 182 g/mol. The molecule has 1 unspecified atom stereocenters. The minimum absolute atomic E-state index is 0.681. The van der Waals surface area contributed by atoms with E-state index in [1.165, 1.54) is 18.6 Å². The number of hydrogen-bond acceptors (Lipinski definition) is 3. The summed E-state index contributed by atoms with van der Waals surface area (Å²) >= 11 is 0. The third-order valence-electron chi connectivity index (χ3n) is 1.57. The highest BCUT2D eigenvalue weighted by atomic mass is 16.3. The molecule has 13 heavy (non-hydrogen) atoms. The maximum atomic E-state index is 9.51. The van der Waals surface area contributed by atoms with E-state index in [2.05, 4.69) is 0 Å². The van der Waals surface area contributed by atoms with Crippen LogP contribution >= 0.6 is 0 Å². The van der Waals surface area contributed by atoms with Crippen LogP contribution in [-0.2, 0) is 0 Å². The van der Waals surface area contributed by atoms with Crippen molar-refractivity contribution in [3.63, 3.8) is 0 Å². The smallest absolute Gasteiger partial charge is 0.100 e. The Labute approximate surface area is 77.3 Å². The van der Waals surface area contributed by atoms with E-state index in [-0.39, 0.29) is 0 Å². The van der Waals surface area contributed by atoms with Crippen LogP contribution in [0.15, 0.2) is 35.2 Å². The van der Waals surface area contributed by atoms with Gasteiger partial charge in [0, 0.05) is 5.56 Å². The highest BCUT2D eigenvalue weighted by molar-refractivity contribution is 5.16. The number of furan rings is 1. The standard InChI is InChI=1S/C10H14O3/c1-10(2,12)5-3-9(11)8-4-6-13-7-8/h3-7,9,11-12H,1-2H3. The van der Waals surface area contributed by atoms with E-state index in [1.54, 1.807) is 26.0 Å². The van der Waals surface area contributed by atoms with Crippen LogP contribution in [0.3, 0.4) is 0 Å². The summed E-state index contributed by atoms with van der Waals surface area (Å²) in [5.74, 6) is 0. The van der Waals surface area contributed by atoms with Gasteiger partial charge in [-0.05, 0) is 19.9 Å². The van der Waals surface area contributed by atoms with E-state index < -0.39 is 11.7 Å². The molecular formula is C10H14O3. The van der Waals surface area contributed by atoms with Gasteiger partial charge < -0.3 is 14.6 Å². The van der Waals surface area contributed by atoms with E-state index in [1.807, 2.05) is 0 Å². The molecule has 2 N–H and O–H groups in total. The van der Waals surface area contributed by atoms with Crippen LogP contribution in [0.4, 0.5) is 0 Å². The Hall–Kier alpha value is -1.06. The molecule has 0 aliphatic carbocycles. The van der Waals surface area contributed by atoms with Gasteiger partial charge in [0.2, 0.25) is 0 Å². The van der Waals surface area contributed by atoms with Gasteiger partial charge in [0.25, 0.3) is 0 Å². The monoisotopic (exact) mass is 182 g/mol. The molecule has 0 bridgehead atoms. The Morgan fingerprint density at radius 2 is 2.23 bits per heavy atom. The van der Waals surface area contributed by atoms with E-state index in [4.69, 9.17) is 4.42 Å². The molecule has 72 valence electrons. The quantitative estimate of drug-likeness (QED) is 0.699. The molecule has 0 aromatic carbocycles. The summed E-state index contributed by atoms with van der Waals surface area (Å²) in [6.07, 6.45) is 5.33. The van der Waals surface area contributed by atoms with Gasteiger partial charge in [-0.3, -0.25) is 0 Å². The molecule has 0 radical (unpaired) electrons. The third kappa shape index (κ3) is 3.44. The summed E-state index contributed by atoms with van der Waals surface area (Å²) in [6.45, 7) is 3.29. The second-order valence-corrected chi connectivity index (χ2v) is 3.51. The molecular weight excluding hydrogens is 168 g/mol. The van der Waals surface area contributed by atoms with Crippen molar-refractivity contribution in [1.29, 1.82) is 0 Å². The largest absolute Gasteiger partial charge is 0.472 e. The SMILES string of the molecule is CC(C)(O)C=CC(O)c1ccoc1. The lowest BCUT2D eigenvalue weighted by molar-refractivity contribution is 0.130. The first-order valence-corrected chi connectivity index (χ1v) is 4.11. The number of aliphatic hydroxyl groups is 2. The molecule has 1 aromatic rings. The van der Waals surface area contributed by atoms with Crippen LogP contribution in [0.5, 0.6) is 0 Å². The molecule has 0 saturated carbocycles. The highest BCUT2D eigenvalue weighted by Crippen LogP contribution is 2.16. The van der Waals surface area contributed by atoms with Gasteiger partial charge in [-0.1, -0.05) is 12.2 Å². The first-order valence-electron chi connectivity index (χ1n) is 4.11. The normalized spacial score (nSPS) is 15.1. The molecule has 1 rings (SSSR count). The minimum Gasteiger partial charge on any atom is -0.472 e. The average Bonchev–Trinajstić information content (AvgIpc) is 2.50. The number of aliphatic hydroxyl groups excluding tert-OH is 1. The van der Waals surface area contributed by atoms with Crippen molar-refractivity contribution < 1.29 is 14.6 Å². The first kappa shape index (κ1) is 10.0. The van der Waals surface area contributed by atoms with Crippen molar-refractivity contribution in [3.8, 4) is 0 Å². The minimum atomic E-state index is -0.898. The summed E-state index contributed by atoms with van der Waals surface area (Å²) in [5, 5.41) is 18.9. The van der Waals surface area contributed by atoms with Gasteiger partial charge in [-0.25, -0.2) is 0 Å². The zero-order valence-electron chi connectivity index (χ0n) is 7.77. The lowest BCUT2D eigenvalue weighted by Gasteiger charge is -2.11. The van der Waals surface area contributed by atoms with Crippen molar-refractivity contribution in [1.82, 2.24) is 0 Å². The first-order chi connectivity index (χ1) is 5.99. The van der Waals surface area contributed by atoms with Crippen LogP contribution in [0.25, 0.3) is 0 Å². The number of hydrogen-bond donors (Lipinski definition) is 2. The summed E-state index contributed by atoms with van der Waals surface area (Å²) in [6, 6.07) is 1.68. The lowest BCUT2D eigenvalue weighted by atomic mass is 10.1. The molecule has 1 atom stereocenters. The Bertz CT molecular complexity index is 267. The van der Waals surface area contributed by atoms with Gasteiger partial charge in [0.1, 0.15) is 6.10 Å². The zero-order chi connectivity index (χ0) is 9.90. The van der Waals surface area contributed by atoms with Crippen LogP contribution < -0.4 is 0 Å². The maximum Gasteiger partial charge on any atom is 0.100 e. The summed E-state index contributed by atoms with van der Waals surface area (Å²) in [7, 11) is 0. The number of rotatable bonds is 3. The van der Waals surface area contributed by atoms with Gasteiger partial charge >= 0.3 is 0 Å². The Kier molecular flexibility index (Phi) is 2.90. The van der Waals surface area contributed by atoms with Crippen molar-refractivity contribution in [2.75, 3.05) is 0 Å². The van der Waals surface area contributed by atoms with Crippen LogP contribution in [0.2, 0.25) is 0 Å². The van der Waals surface area contributed by atoms with Crippen molar-refractivity contribution in [2.24, 2.45) is 0 Å². The molecule has 1 aromatic heterocycles. The Morgan fingerprint density at radius 3 is 2.69 bits per heavy atom. The predicted octanol–water partition coefficient (Wildman–Crippen LogP) is 1.64. The lowest BCUT2D eigenvalue weighted by Crippen LogP contribution is -2.14. The highest BCUT2D eigenvalue weighted by Gasteiger charge is 2.09. The van der Waals surface area contributed by atoms with Crippen LogP contribution in [0, 0.1) is 0 Å². The fourth-order valence-corrected chi connectivity index (χ4v) is 0.881. The van der Waals surface area contributed by atoms with Crippen molar-refractivity contribution >= 4 is 0 Å². The molecule has 1 heterocycles. The maximum absolute atomic E-state index is 9.51. The van der Waals surface area contributed by atoms with E-state index in [0.29, 0.717) is 5.56 Å². The second kappa shape index (κ2) is 3.77. The topological polar surface area (TPSA) is 53.6 Å². The third-order valence-corrected chi connectivity index (χ3v) is 1.57. The summed E-state index contributed by atoms with van der Waals surface area (Å²) in [4.78, 5) is 0. The van der Waals surface area contributed by atoms with Gasteiger partial charge in [0.15, 0.2) is 0 Å². The van der Waals surface area contributed by atoms with E-state index in [0.717, 1.165) is 0 Å². The van der Waals surface area contributed by atoms with Crippen molar-refractivity contribution in [2.45, 2.75) is 25.6 Å².